The highest BCUT2D eigenvalue weighted by Gasteiger charge is 2.07. The van der Waals surface area contributed by atoms with Crippen molar-refractivity contribution in [2.24, 2.45) is 7.05 Å². The molecule has 1 aromatic heterocycles. The van der Waals surface area contributed by atoms with Gasteiger partial charge in [-0.15, -0.1) is 0 Å². The quantitative estimate of drug-likeness (QED) is 0.671. The second kappa shape index (κ2) is 8.29. The van der Waals surface area contributed by atoms with Gasteiger partial charge in [0.2, 0.25) is 0 Å². The van der Waals surface area contributed by atoms with Crippen molar-refractivity contribution in [3.63, 3.8) is 0 Å². The molecule has 1 heterocycles. The summed E-state index contributed by atoms with van der Waals surface area (Å²) in [6.45, 7) is 2.23. The maximum atomic E-state index is 9.87. The van der Waals surface area contributed by atoms with Gasteiger partial charge in [-0.25, -0.2) is 0 Å². The van der Waals surface area contributed by atoms with Crippen LogP contribution in [0.5, 0.6) is 0 Å². The largest absolute Gasteiger partial charge is 0.393 e. The Hall–Kier alpha value is -0.830. The van der Waals surface area contributed by atoms with E-state index in [1.54, 1.807) is 4.68 Å². The maximum absolute atomic E-state index is 9.87. The monoisotopic (exact) mass is 238 g/mol. The summed E-state index contributed by atoms with van der Waals surface area (Å²) in [5.41, 5.74) is 0.992. The molecule has 0 fully saturated rings. The topological polar surface area (TPSA) is 38.0 Å². The van der Waals surface area contributed by atoms with Crippen LogP contribution in [0.2, 0.25) is 0 Å². The van der Waals surface area contributed by atoms with Crippen molar-refractivity contribution in [1.82, 2.24) is 9.78 Å². The first-order valence-electron chi connectivity index (χ1n) is 6.89. The molecule has 0 aromatic carbocycles. The SMILES string of the molecule is CCCCCCCCC(O)Cc1ccn(C)n1. The van der Waals surface area contributed by atoms with Gasteiger partial charge in [0.05, 0.1) is 11.8 Å². The molecule has 98 valence electrons. The molecule has 0 amide bonds. The van der Waals surface area contributed by atoms with Crippen molar-refractivity contribution < 1.29 is 5.11 Å². The van der Waals surface area contributed by atoms with Gasteiger partial charge in [0.25, 0.3) is 0 Å². The number of rotatable bonds is 9. The number of nitrogens with zero attached hydrogens (tertiary/aromatic N) is 2. The number of aromatic nitrogens is 2. The zero-order chi connectivity index (χ0) is 12.5. The van der Waals surface area contributed by atoms with Gasteiger partial charge in [0, 0.05) is 19.7 Å². The molecule has 0 saturated carbocycles. The third-order valence-corrected chi connectivity index (χ3v) is 3.10. The Morgan fingerprint density at radius 3 is 2.59 bits per heavy atom. The number of aryl methyl sites for hydroxylation is 1. The molecule has 3 nitrogen and oxygen atoms in total. The lowest BCUT2D eigenvalue weighted by atomic mass is 10.0. The fraction of sp³-hybridized carbons (Fsp3) is 0.786. The molecule has 1 rings (SSSR count). The molecule has 0 aliphatic rings. The lowest BCUT2D eigenvalue weighted by Crippen LogP contribution is -2.11. The molecule has 0 saturated heterocycles. The smallest absolute Gasteiger partial charge is 0.0650 e. The molecule has 0 aliphatic carbocycles. The number of aliphatic hydroxyl groups excluding tert-OH is 1. The zero-order valence-corrected chi connectivity index (χ0v) is 11.2. The molecule has 17 heavy (non-hydrogen) atoms. The summed E-state index contributed by atoms with van der Waals surface area (Å²) in [4.78, 5) is 0. The van der Waals surface area contributed by atoms with Crippen LogP contribution in [0, 0.1) is 0 Å². The molecule has 0 bridgehead atoms. The minimum atomic E-state index is -0.226. The van der Waals surface area contributed by atoms with Gasteiger partial charge in [-0.05, 0) is 12.5 Å². The zero-order valence-electron chi connectivity index (χ0n) is 11.2. The van der Waals surface area contributed by atoms with Crippen LogP contribution >= 0.6 is 0 Å². The molecule has 1 aromatic rings. The van der Waals surface area contributed by atoms with Gasteiger partial charge < -0.3 is 5.11 Å². The van der Waals surface area contributed by atoms with E-state index in [0.29, 0.717) is 6.42 Å². The summed E-state index contributed by atoms with van der Waals surface area (Å²) >= 11 is 0. The van der Waals surface area contributed by atoms with Crippen molar-refractivity contribution in [1.29, 1.82) is 0 Å². The van der Waals surface area contributed by atoms with E-state index < -0.39 is 0 Å². The minimum absolute atomic E-state index is 0.226. The lowest BCUT2D eigenvalue weighted by Gasteiger charge is -2.08. The van der Waals surface area contributed by atoms with Crippen LogP contribution in [0.3, 0.4) is 0 Å². The Morgan fingerprint density at radius 1 is 1.24 bits per heavy atom. The highest BCUT2D eigenvalue weighted by Crippen LogP contribution is 2.11. The highest BCUT2D eigenvalue weighted by atomic mass is 16.3. The summed E-state index contributed by atoms with van der Waals surface area (Å²) in [7, 11) is 1.91. The average molecular weight is 238 g/mol. The van der Waals surface area contributed by atoms with Gasteiger partial charge in [-0.1, -0.05) is 45.4 Å². The summed E-state index contributed by atoms with van der Waals surface area (Å²) in [6.07, 6.45) is 11.0. The van der Waals surface area contributed by atoms with E-state index in [1.807, 2.05) is 19.3 Å². The molecule has 1 unspecified atom stereocenters. The normalized spacial score (nSPS) is 12.9. The van der Waals surface area contributed by atoms with Crippen LogP contribution in [0.4, 0.5) is 0 Å². The Bertz CT molecular complexity index is 296. The predicted octanol–water partition coefficient (Wildman–Crippen LogP) is 3.07. The predicted molar refractivity (Wildman–Crippen MR) is 70.9 cm³/mol. The molecule has 0 aliphatic heterocycles. The maximum Gasteiger partial charge on any atom is 0.0650 e. The van der Waals surface area contributed by atoms with E-state index in [0.717, 1.165) is 18.5 Å². The van der Waals surface area contributed by atoms with E-state index >= 15 is 0 Å². The fourth-order valence-electron chi connectivity index (χ4n) is 2.08. The molecule has 0 spiro atoms. The summed E-state index contributed by atoms with van der Waals surface area (Å²) < 4.78 is 1.78. The van der Waals surface area contributed by atoms with Crippen molar-refractivity contribution >= 4 is 0 Å². The van der Waals surface area contributed by atoms with Gasteiger partial charge in [0.15, 0.2) is 0 Å². The Labute approximate surface area is 105 Å². The number of unbranched alkanes of at least 4 members (excludes halogenated alkanes) is 5. The van der Waals surface area contributed by atoms with Gasteiger partial charge in [-0.3, -0.25) is 4.68 Å². The Kier molecular flexibility index (Phi) is 6.94. The standard InChI is InChI=1S/C14H26N2O/c1-3-4-5-6-7-8-9-14(17)12-13-10-11-16(2)15-13/h10-11,14,17H,3-9,12H2,1-2H3. The van der Waals surface area contributed by atoms with Crippen LogP contribution in [-0.4, -0.2) is 21.0 Å². The van der Waals surface area contributed by atoms with E-state index in [4.69, 9.17) is 0 Å². The third-order valence-electron chi connectivity index (χ3n) is 3.10. The first-order valence-corrected chi connectivity index (χ1v) is 6.89. The van der Waals surface area contributed by atoms with Crippen molar-refractivity contribution in [3.05, 3.63) is 18.0 Å². The Balaban J connectivity index is 2.03. The molecule has 0 radical (unpaired) electrons. The van der Waals surface area contributed by atoms with Gasteiger partial charge >= 0.3 is 0 Å². The van der Waals surface area contributed by atoms with E-state index in [9.17, 15) is 5.11 Å². The van der Waals surface area contributed by atoms with E-state index in [2.05, 4.69) is 12.0 Å². The third kappa shape index (κ3) is 6.47. The second-order valence-corrected chi connectivity index (χ2v) is 4.90. The van der Waals surface area contributed by atoms with Crippen molar-refractivity contribution in [2.45, 2.75) is 64.4 Å². The summed E-state index contributed by atoms with van der Waals surface area (Å²) in [5, 5.41) is 14.1. The summed E-state index contributed by atoms with van der Waals surface area (Å²) in [6, 6.07) is 1.98. The van der Waals surface area contributed by atoms with Crippen LogP contribution in [0.15, 0.2) is 12.3 Å². The molecule has 1 atom stereocenters. The second-order valence-electron chi connectivity index (χ2n) is 4.90. The number of aliphatic hydroxyl groups is 1. The van der Waals surface area contributed by atoms with Gasteiger partial charge in [-0.2, -0.15) is 5.10 Å². The lowest BCUT2D eigenvalue weighted by molar-refractivity contribution is 0.159. The van der Waals surface area contributed by atoms with Crippen LogP contribution in [-0.2, 0) is 13.5 Å². The average Bonchev–Trinajstić information content (AvgIpc) is 2.69. The van der Waals surface area contributed by atoms with E-state index in [-0.39, 0.29) is 6.10 Å². The fourth-order valence-corrected chi connectivity index (χ4v) is 2.08. The molecule has 3 heteroatoms. The first kappa shape index (κ1) is 14.2. The number of hydrogen-bond donors (Lipinski definition) is 1. The molecular formula is C14H26N2O. The highest BCUT2D eigenvalue weighted by molar-refractivity contribution is 5.00. The van der Waals surface area contributed by atoms with Crippen LogP contribution in [0.25, 0.3) is 0 Å². The molecular weight excluding hydrogens is 212 g/mol. The molecule has 1 N–H and O–H groups in total. The van der Waals surface area contributed by atoms with Crippen LogP contribution < -0.4 is 0 Å². The van der Waals surface area contributed by atoms with Gasteiger partial charge in [0.1, 0.15) is 0 Å². The number of hydrogen-bond acceptors (Lipinski definition) is 2. The Morgan fingerprint density at radius 2 is 1.94 bits per heavy atom. The van der Waals surface area contributed by atoms with Crippen LogP contribution in [0.1, 0.15) is 57.6 Å². The minimum Gasteiger partial charge on any atom is -0.393 e. The van der Waals surface area contributed by atoms with E-state index in [1.165, 1.54) is 32.1 Å². The van der Waals surface area contributed by atoms with Crippen molar-refractivity contribution in [2.75, 3.05) is 0 Å². The van der Waals surface area contributed by atoms with Crippen molar-refractivity contribution in [3.8, 4) is 0 Å². The first-order chi connectivity index (χ1) is 8.22. The summed E-state index contributed by atoms with van der Waals surface area (Å²) in [5.74, 6) is 0.